The van der Waals surface area contributed by atoms with Crippen LogP contribution in [0.2, 0.25) is 0 Å². The maximum absolute atomic E-state index is 12.9. The molecule has 7 heteroatoms. The number of nitrogens with zero attached hydrogens (tertiary/aromatic N) is 2. The van der Waals surface area contributed by atoms with E-state index in [2.05, 4.69) is 19.2 Å². The van der Waals surface area contributed by atoms with Crippen molar-refractivity contribution in [3.05, 3.63) is 29.3 Å². The van der Waals surface area contributed by atoms with Crippen LogP contribution < -0.4 is 5.32 Å². The molecule has 0 spiro atoms. The normalized spacial score (nSPS) is 17.0. The van der Waals surface area contributed by atoms with Crippen molar-refractivity contribution in [2.75, 3.05) is 39.3 Å². The van der Waals surface area contributed by atoms with Gasteiger partial charge in [-0.15, -0.1) is 0 Å². The van der Waals surface area contributed by atoms with Gasteiger partial charge in [0.15, 0.2) is 0 Å². The van der Waals surface area contributed by atoms with E-state index in [0.717, 1.165) is 11.1 Å². The summed E-state index contributed by atoms with van der Waals surface area (Å²) < 4.78 is 27.3. The molecule has 1 aliphatic rings. The summed E-state index contributed by atoms with van der Waals surface area (Å²) in [5.74, 6) is 0.419. The Morgan fingerprint density at radius 2 is 1.80 bits per heavy atom. The van der Waals surface area contributed by atoms with Gasteiger partial charge in [0.2, 0.25) is 15.9 Å². The van der Waals surface area contributed by atoms with E-state index in [9.17, 15) is 13.2 Å². The van der Waals surface area contributed by atoms with Crippen LogP contribution in [-0.4, -0.2) is 62.8 Å². The fourth-order valence-electron chi connectivity index (χ4n) is 2.83. The van der Waals surface area contributed by atoms with Gasteiger partial charge in [0.25, 0.3) is 0 Å². The van der Waals surface area contributed by atoms with Crippen molar-refractivity contribution < 1.29 is 13.2 Å². The third-order valence-electron chi connectivity index (χ3n) is 4.37. The van der Waals surface area contributed by atoms with Crippen molar-refractivity contribution in [1.29, 1.82) is 0 Å². The van der Waals surface area contributed by atoms with Crippen LogP contribution >= 0.6 is 0 Å². The first-order valence-corrected chi connectivity index (χ1v) is 10.2. The number of amides is 1. The smallest absolute Gasteiger partial charge is 0.243 e. The predicted octanol–water partition coefficient (Wildman–Crippen LogP) is 1.38. The molecule has 0 atom stereocenters. The Kier molecular flexibility index (Phi) is 6.59. The monoisotopic (exact) mass is 367 g/mol. The Balaban J connectivity index is 1.95. The molecule has 25 heavy (non-hydrogen) atoms. The van der Waals surface area contributed by atoms with E-state index in [4.69, 9.17) is 0 Å². The highest BCUT2D eigenvalue weighted by atomic mass is 32.2. The molecule has 0 aromatic heterocycles. The molecule has 1 aromatic carbocycles. The largest absolute Gasteiger partial charge is 0.355 e. The van der Waals surface area contributed by atoms with Gasteiger partial charge in [-0.2, -0.15) is 4.31 Å². The van der Waals surface area contributed by atoms with Gasteiger partial charge < -0.3 is 5.32 Å². The minimum atomic E-state index is -3.48. The van der Waals surface area contributed by atoms with Crippen LogP contribution in [0.15, 0.2) is 23.1 Å². The summed E-state index contributed by atoms with van der Waals surface area (Å²) in [4.78, 5) is 14.3. The average molecular weight is 368 g/mol. The number of benzene rings is 1. The Bertz CT molecular complexity index is 708. The van der Waals surface area contributed by atoms with E-state index in [1.807, 2.05) is 30.9 Å². The number of hydrogen-bond donors (Lipinski definition) is 1. The van der Waals surface area contributed by atoms with Crippen molar-refractivity contribution in [3.8, 4) is 0 Å². The molecule has 1 amide bonds. The topological polar surface area (TPSA) is 69.7 Å². The summed E-state index contributed by atoms with van der Waals surface area (Å²) in [5.41, 5.74) is 1.70. The van der Waals surface area contributed by atoms with E-state index < -0.39 is 10.0 Å². The molecular formula is C18H29N3O3S. The third-order valence-corrected chi connectivity index (χ3v) is 6.41. The molecule has 6 nitrogen and oxygen atoms in total. The number of carbonyl (C=O) groups is 1. The zero-order chi connectivity index (χ0) is 18.6. The van der Waals surface area contributed by atoms with Crippen molar-refractivity contribution in [3.63, 3.8) is 0 Å². The number of rotatable bonds is 6. The van der Waals surface area contributed by atoms with E-state index in [1.165, 1.54) is 4.31 Å². The highest BCUT2D eigenvalue weighted by Gasteiger charge is 2.30. The molecule has 1 aliphatic heterocycles. The number of sulfonamides is 1. The summed E-state index contributed by atoms with van der Waals surface area (Å²) >= 11 is 0. The number of hydrogen-bond acceptors (Lipinski definition) is 4. The first-order valence-electron chi connectivity index (χ1n) is 8.76. The molecule has 1 heterocycles. The lowest BCUT2D eigenvalue weighted by Crippen LogP contribution is -2.51. The van der Waals surface area contributed by atoms with Crippen LogP contribution in [0.3, 0.4) is 0 Å². The van der Waals surface area contributed by atoms with Crippen molar-refractivity contribution >= 4 is 15.9 Å². The number of carbonyl (C=O) groups excluding carboxylic acids is 1. The molecule has 1 fully saturated rings. The molecule has 1 saturated heterocycles. The third kappa shape index (κ3) is 5.26. The van der Waals surface area contributed by atoms with Crippen LogP contribution in [0, 0.1) is 19.8 Å². The van der Waals surface area contributed by atoms with E-state index in [0.29, 0.717) is 50.1 Å². The van der Waals surface area contributed by atoms with Crippen molar-refractivity contribution in [2.24, 2.45) is 5.92 Å². The molecular weight excluding hydrogens is 338 g/mol. The first-order chi connectivity index (χ1) is 11.7. The maximum Gasteiger partial charge on any atom is 0.243 e. The molecule has 140 valence electrons. The average Bonchev–Trinajstić information content (AvgIpc) is 2.55. The summed E-state index contributed by atoms with van der Waals surface area (Å²) in [7, 11) is -3.48. The predicted molar refractivity (Wildman–Crippen MR) is 99.0 cm³/mol. The maximum atomic E-state index is 12.9. The molecule has 0 unspecified atom stereocenters. The summed E-state index contributed by atoms with van der Waals surface area (Å²) in [5, 5.41) is 2.90. The SMILES string of the molecule is Cc1ccc(C)c(S(=O)(=O)N2CCN(CC(=O)NCC(C)C)CC2)c1. The van der Waals surface area contributed by atoms with Crippen LogP contribution in [0.25, 0.3) is 0 Å². The van der Waals surface area contributed by atoms with Gasteiger partial charge >= 0.3 is 0 Å². The molecule has 1 N–H and O–H groups in total. The van der Waals surface area contributed by atoms with Gasteiger partial charge in [-0.05, 0) is 37.0 Å². The van der Waals surface area contributed by atoms with Gasteiger partial charge in [0, 0.05) is 32.7 Å². The molecule has 1 aromatic rings. The van der Waals surface area contributed by atoms with Crippen LogP contribution in [-0.2, 0) is 14.8 Å². The molecule has 0 aliphatic carbocycles. The molecule has 0 bridgehead atoms. The fraction of sp³-hybridized carbons (Fsp3) is 0.611. The number of nitrogens with one attached hydrogen (secondary N) is 1. The molecule has 0 saturated carbocycles. The first kappa shape index (κ1) is 19.9. The van der Waals surface area contributed by atoms with Gasteiger partial charge in [-0.3, -0.25) is 9.69 Å². The fourth-order valence-corrected chi connectivity index (χ4v) is 4.56. The Morgan fingerprint density at radius 1 is 1.16 bits per heavy atom. The molecule has 0 radical (unpaired) electrons. The Morgan fingerprint density at radius 3 is 2.40 bits per heavy atom. The van der Waals surface area contributed by atoms with Crippen molar-refractivity contribution in [2.45, 2.75) is 32.6 Å². The minimum absolute atomic E-state index is 0.000430. The van der Waals surface area contributed by atoms with Gasteiger partial charge in [-0.25, -0.2) is 8.42 Å². The standard InChI is InChI=1S/C18H29N3O3S/c1-14(2)12-19-18(22)13-20-7-9-21(10-8-20)25(23,24)17-11-15(3)5-6-16(17)4/h5-6,11,14H,7-10,12-13H2,1-4H3,(H,19,22). The lowest BCUT2D eigenvalue weighted by Gasteiger charge is -2.33. The van der Waals surface area contributed by atoms with Gasteiger partial charge in [-0.1, -0.05) is 26.0 Å². The van der Waals surface area contributed by atoms with Gasteiger partial charge in [0.1, 0.15) is 0 Å². The number of aryl methyl sites for hydroxylation is 2. The zero-order valence-corrected chi connectivity index (χ0v) is 16.4. The van der Waals surface area contributed by atoms with Crippen LogP contribution in [0.5, 0.6) is 0 Å². The molecule has 2 rings (SSSR count). The second kappa shape index (κ2) is 8.29. The highest BCUT2D eigenvalue weighted by Crippen LogP contribution is 2.22. The van der Waals surface area contributed by atoms with Crippen LogP contribution in [0.4, 0.5) is 0 Å². The van der Waals surface area contributed by atoms with E-state index >= 15 is 0 Å². The quantitative estimate of drug-likeness (QED) is 0.825. The lowest BCUT2D eigenvalue weighted by atomic mass is 10.2. The van der Waals surface area contributed by atoms with E-state index in [1.54, 1.807) is 6.07 Å². The van der Waals surface area contributed by atoms with E-state index in [-0.39, 0.29) is 5.91 Å². The van der Waals surface area contributed by atoms with Crippen LogP contribution in [0.1, 0.15) is 25.0 Å². The second-order valence-electron chi connectivity index (χ2n) is 7.15. The highest BCUT2D eigenvalue weighted by molar-refractivity contribution is 7.89. The lowest BCUT2D eigenvalue weighted by molar-refractivity contribution is -0.122. The Hall–Kier alpha value is -1.44. The second-order valence-corrected chi connectivity index (χ2v) is 9.05. The zero-order valence-electron chi connectivity index (χ0n) is 15.6. The summed E-state index contributed by atoms with van der Waals surface area (Å²) in [6.07, 6.45) is 0. The summed E-state index contributed by atoms with van der Waals surface area (Å²) in [6.45, 7) is 10.8. The van der Waals surface area contributed by atoms with Gasteiger partial charge in [0.05, 0.1) is 11.4 Å². The summed E-state index contributed by atoms with van der Waals surface area (Å²) in [6, 6.07) is 5.50. The minimum Gasteiger partial charge on any atom is -0.355 e. The Labute approximate surface area is 151 Å². The number of piperazine rings is 1. The van der Waals surface area contributed by atoms with Crippen molar-refractivity contribution in [1.82, 2.24) is 14.5 Å².